The number of thiophene rings is 1. The normalized spacial score (nSPS) is 25.8. The van der Waals surface area contributed by atoms with Gasteiger partial charge in [0.05, 0.1) is 12.0 Å². The van der Waals surface area contributed by atoms with Crippen LogP contribution in [0.25, 0.3) is 0 Å². The second-order valence-corrected chi connectivity index (χ2v) is 8.21. The van der Waals surface area contributed by atoms with Gasteiger partial charge in [0.2, 0.25) is 0 Å². The minimum Gasteiger partial charge on any atom is -0.336 e. The number of carbonyl (C=O) groups excluding carboxylic acids is 1. The fourth-order valence-corrected chi connectivity index (χ4v) is 4.85. The minimum atomic E-state index is -4.17. The number of hydrogen-bond donors (Lipinski definition) is 2. The summed E-state index contributed by atoms with van der Waals surface area (Å²) in [5, 5.41) is 7.66. The van der Waals surface area contributed by atoms with Crippen LogP contribution in [0, 0.1) is 5.92 Å². The average molecular weight is 389 g/mol. The number of alkyl halides is 3. The number of likely N-dealkylation sites (tertiary alicyclic amines) is 1. The van der Waals surface area contributed by atoms with Gasteiger partial charge in [-0.25, -0.2) is 4.79 Å². The van der Waals surface area contributed by atoms with Crippen LogP contribution in [0.5, 0.6) is 0 Å². The number of amides is 2. The Morgan fingerprint density at radius 3 is 2.69 bits per heavy atom. The Balaban J connectivity index is 1.50. The lowest BCUT2D eigenvalue weighted by molar-refractivity contribution is -0.183. The van der Waals surface area contributed by atoms with Crippen molar-refractivity contribution in [1.29, 1.82) is 0 Å². The molecule has 3 rings (SSSR count). The molecule has 3 unspecified atom stereocenters. The molecular formula is C18H26F3N3OS. The smallest absolute Gasteiger partial charge is 0.336 e. The largest absolute Gasteiger partial charge is 0.391 e. The van der Waals surface area contributed by atoms with Crippen molar-refractivity contribution >= 4 is 17.4 Å². The SMILES string of the molecule is O=C(NCC(c1cccs1)N1CCCC1)NC1CCCC(C(F)(F)F)C1. The molecule has 0 bridgehead atoms. The molecule has 4 nitrogen and oxygen atoms in total. The molecular weight excluding hydrogens is 363 g/mol. The van der Waals surface area contributed by atoms with Crippen LogP contribution in [0.3, 0.4) is 0 Å². The third-order valence-corrected chi connectivity index (χ3v) is 6.35. The number of nitrogens with one attached hydrogen (secondary N) is 2. The van der Waals surface area contributed by atoms with Crippen LogP contribution in [0.2, 0.25) is 0 Å². The average Bonchev–Trinajstić information content (AvgIpc) is 3.28. The van der Waals surface area contributed by atoms with Gasteiger partial charge in [0.15, 0.2) is 0 Å². The van der Waals surface area contributed by atoms with Gasteiger partial charge >= 0.3 is 12.2 Å². The molecule has 3 atom stereocenters. The summed E-state index contributed by atoms with van der Waals surface area (Å²) in [5.74, 6) is -1.30. The summed E-state index contributed by atoms with van der Waals surface area (Å²) in [5.41, 5.74) is 0. The van der Waals surface area contributed by atoms with E-state index in [1.165, 1.54) is 4.88 Å². The summed E-state index contributed by atoms with van der Waals surface area (Å²) in [6.45, 7) is 2.51. The van der Waals surface area contributed by atoms with Crippen molar-refractivity contribution in [3.63, 3.8) is 0 Å². The van der Waals surface area contributed by atoms with E-state index in [2.05, 4.69) is 21.6 Å². The lowest BCUT2D eigenvalue weighted by Gasteiger charge is -2.31. The zero-order chi connectivity index (χ0) is 18.6. The molecule has 8 heteroatoms. The quantitative estimate of drug-likeness (QED) is 0.788. The molecule has 1 aliphatic heterocycles. The standard InChI is InChI=1S/C18H26F3N3OS/c19-18(20,21)13-5-3-6-14(11-13)23-17(25)22-12-15(16-7-4-10-26-16)24-8-1-2-9-24/h4,7,10,13-15H,1-3,5-6,8-9,11-12H2,(H2,22,23,25). The van der Waals surface area contributed by atoms with E-state index in [0.29, 0.717) is 19.4 Å². The lowest BCUT2D eigenvalue weighted by Crippen LogP contribution is -2.47. The van der Waals surface area contributed by atoms with Crippen LogP contribution in [0.1, 0.15) is 49.4 Å². The fourth-order valence-electron chi connectivity index (χ4n) is 3.99. The van der Waals surface area contributed by atoms with Gasteiger partial charge in [-0.15, -0.1) is 11.3 Å². The molecule has 2 N–H and O–H groups in total. The van der Waals surface area contributed by atoms with E-state index in [9.17, 15) is 18.0 Å². The van der Waals surface area contributed by atoms with Gasteiger partial charge in [-0.05, 0) is 56.6 Å². The van der Waals surface area contributed by atoms with Crippen LogP contribution >= 0.6 is 11.3 Å². The van der Waals surface area contributed by atoms with Crippen molar-refractivity contribution < 1.29 is 18.0 Å². The number of carbonyl (C=O) groups is 1. The molecule has 2 heterocycles. The first-order chi connectivity index (χ1) is 12.4. The second-order valence-electron chi connectivity index (χ2n) is 7.23. The Morgan fingerprint density at radius 1 is 1.27 bits per heavy atom. The maximum Gasteiger partial charge on any atom is 0.391 e. The molecule has 2 fully saturated rings. The molecule has 1 aromatic rings. The topological polar surface area (TPSA) is 44.4 Å². The summed E-state index contributed by atoms with van der Waals surface area (Å²) in [7, 11) is 0. The van der Waals surface area contributed by atoms with Crippen molar-refractivity contribution in [2.75, 3.05) is 19.6 Å². The van der Waals surface area contributed by atoms with Crippen LogP contribution < -0.4 is 10.6 Å². The molecule has 1 aliphatic carbocycles. The first kappa shape index (κ1) is 19.5. The predicted octanol–water partition coefficient (Wildman–Crippen LogP) is 4.31. The molecule has 0 aromatic carbocycles. The molecule has 1 saturated carbocycles. The predicted molar refractivity (Wildman–Crippen MR) is 96.2 cm³/mol. The highest BCUT2D eigenvalue weighted by Gasteiger charge is 2.42. The van der Waals surface area contributed by atoms with Gasteiger partial charge in [0.1, 0.15) is 0 Å². The molecule has 2 amide bonds. The molecule has 146 valence electrons. The van der Waals surface area contributed by atoms with Gasteiger partial charge in [0.25, 0.3) is 0 Å². The summed E-state index contributed by atoms with van der Waals surface area (Å²) < 4.78 is 38.7. The Bertz CT molecular complexity index is 573. The van der Waals surface area contributed by atoms with Crippen molar-refractivity contribution in [2.45, 2.75) is 56.8 Å². The zero-order valence-electron chi connectivity index (χ0n) is 14.7. The molecule has 1 aromatic heterocycles. The number of rotatable bonds is 5. The first-order valence-electron chi connectivity index (χ1n) is 9.32. The van der Waals surface area contributed by atoms with Gasteiger partial charge in [0, 0.05) is 17.5 Å². The number of urea groups is 1. The highest BCUT2D eigenvalue weighted by molar-refractivity contribution is 7.10. The van der Waals surface area contributed by atoms with Crippen LogP contribution in [-0.4, -0.2) is 42.8 Å². The molecule has 2 aliphatic rings. The molecule has 26 heavy (non-hydrogen) atoms. The van der Waals surface area contributed by atoms with Crippen molar-refractivity contribution in [3.05, 3.63) is 22.4 Å². The van der Waals surface area contributed by atoms with Crippen molar-refractivity contribution in [1.82, 2.24) is 15.5 Å². The van der Waals surface area contributed by atoms with E-state index in [4.69, 9.17) is 0 Å². The summed E-state index contributed by atoms with van der Waals surface area (Å²) in [6.07, 6.45) is -0.585. The number of nitrogens with zero attached hydrogens (tertiary/aromatic N) is 1. The summed E-state index contributed by atoms with van der Waals surface area (Å²) in [4.78, 5) is 15.8. The molecule has 0 spiro atoms. The third kappa shape index (κ3) is 5.13. The fraction of sp³-hybridized carbons (Fsp3) is 0.722. The molecule has 1 saturated heterocycles. The first-order valence-corrected chi connectivity index (χ1v) is 10.2. The highest BCUT2D eigenvalue weighted by atomic mass is 32.1. The van der Waals surface area contributed by atoms with Crippen molar-refractivity contribution in [3.8, 4) is 0 Å². The summed E-state index contributed by atoms with van der Waals surface area (Å²) in [6, 6.07) is 3.45. The monoisotopic (exact) mass is 389 g/mol. The van der Waals surface area contributed by atoms with E-state index in [0.717, 1.165) is 25.9 Å². The zero-order valence-corrected chi connectivity index (χ0v) is 15.5. The van der Waals surface area contributed by atoms with E-state index in [1.807, 2.05) is 11.4 Å². The molecule has 0 radical (unpaired) electrons. The number of hydrogen-bond acceptors (Lipinski definition) is 3. The van der Waals surface area contributed by atoms with Crippen molar-refractivity contribution in [2.24, 2.45) is 5.92 Å². The highest BCUT2D eigenvalue weighted by Crippen LogP contribution is 2.37. The third-order valence-electron chi connectivity index (χ3n) is 5.38. The Labute approximate surface area is 156 Å². The Morgan fingerprint density at radius 2 is 2.04 bits per heavy atom. The van der Waals surface area contributed by atoms with Crippen LogP contribution in [0.4, 0.5) is 18.0 Å². The van der Waals surface area contributed by atoms with Gasteiger partial charge < -0.3 is 10.6 Å². The summed E-state index contributed by atoms with van der Waals surface area (Å²) >= 11 is 1.67. The van der Waals surface area contributed by atoms with E-state index < -0.39 is 18.1 Å². The van der Waals surface area contributed by atoms with Gasteiger partial charge in [-0.3, -0.25) is 4.90 Å². The number of halogens is 3. The second kappa shape index (κ2) is 8.61. The Hall–Kier alpha value is -1.28. The van der Waals surface area contributed by atoms with Crippen LogP contribution in [0.15, 0.2) is 17.5 Å². The Kier molecular flexibility index (Phi) is 6.45. The van der Waals surface area contributed by atoms with Gasteiger partial charge in [-0.2, -0.15) is 13.2 Å². The van der Waals surface area contributed by atoms with E-state index in [1.54, 1.807) is 11.3 Å². The lowest BCUT2D eigenvalue weighted by atomic mass is 9.85. The maximum atomic E-state index is 12.9. The van der Waals surface area contributed by atoms with Gasteiger partial charge in [-0.1, -0.05) is 12.5 Å². The minimum absolute atomic E-state index is 0.0165. The van der Waals surface area contributed by atoms with E-state index in [-0.39, 0.29) is 24.9 Å². The van der Waals surface area contributed by atoms with E-state index >= 15 is 0 Å². The van der Waals surface area contributed by atoms with Crippen LogP contribution in [-0.2, 0) is 0 Å². The maximum absolute atomic E-state index is 12.9.